The summed E-state index contributed by atoms with van der Waals surface area (Å²) in [5.74, 6) is -2.59. The van der Waals surface area contributed by atoms with Gasteiger partial charge in [0.25, 0.3) is 0 Å². The third kappa shape index (κ3) is 6.08. The van der Waals surface area contributed by atoms with Gasteiger partial charge in [0.1, 0.15) is 6.61 Å². The van der Waals surface area contributed by atoms with E-state index in [9.17, 15) is 26.4 Å². The summed E-state index contributed by atoms with van der Waals surface area (Å²) in [4.78, 5) is 11.1. The van der Waals surface area contributed by atoms with Crippen molar-refractivity contribution >= 4 is 15.8 Å². The van der Waals surface area contributed by atoms with Gasteiger partial charge in [-0.1, -0.05) is 0 Å². The van der Waals surface area contributed by atoms with Crippen molar-refractivity contribution in [2.45, 2.75) is 25.4 Å². The molecule has 2 atom stereocenters. The molecular weight excluding hydrogens is 301 g/mol. The molecule has 1 fully saturated rings. The summed E-state index contributed by atoms with van der Waals surface area (Å²) in [7, 11) is -3.17. The summed E-state index contributed by atoms with van der Waals surface area (Å²) < 4.78 is 62.5. The van der Waals surface area contributed by atoms with E-state index in [1.54, 1.807) is 0 Å². The lowest BCUT2D eigenvalue weighted by Crippen LogP contribution is -2.25. The zero-order valence-electron chi connectivity index (χ0n) is 10.7. The number of carbonyl (C=O) groups is 1. The van der Waals surface area contributed by atoms with Crippen molar-refractivity contribution in [2.24, 2.45) is 11.8 Å². The van der Waals surface area contributed by atoms with Crippen molar-refractivity contribution in [3.63, 3.8) is 0 Å². The zero-order chi connectivity index (χ0) is 15.4. The highest BCUT2D eigenvalue weighted by molar-refractivity contribution is 7.91. The van der Waals surface area contributed by atoms with Crippen LogP contribution in [0.25, 0.3) is 0 Å². The Bertz CT molecular complexity index is 432. The van der Waals surface area contributed by atoms with Crippen LogP contribution in [-0.4, -0.2) is 50.4 Å². The van der Waals surface area contributed by atoms with Gasteiger partial charge in [-0.2, -0.15) is 13.2 Å². The van der Waals surface area contributed by atoms with E-state index in [-0.39, 0.29) is 31.0 Å². The number of ether oxygens (including phenoxy) is 1. The maximum absolute atomic E-state index is 11.8. The number of halogens is 3. The molecule has 0 spiro atoms. The van der Waals surface area contributed by atoms with Crippen LogP contribution in [0.3, 0.4) is 0 Å². The van der Waals surface area contributed by atoms with Crippen LogP contribution in [0, 0.1) is 11.8 Å². The Morgan fingerprint density at radius 3 is 2.50 bits per heavy atom. The lowest BCUT2D eigenvalue weighted by atomic mass is 9.88. The van der Waals surface area contributed by atoms with Gasteiger partial charge in [-0.3, -0.25) is 4.79 Å². The second kappa shape index (κ2) is 6.75. The van der Waals surface area contributed by atoms with E-state index >= 15 is 0 Å². The first-order valence-electron chi connectivity index (χ1n) is 6.18. The van der Waals surface area contributed by atoms with Crippen LogP contribution < -0.4 is 0 Å². The van der Waals surface area contributed by atoms with Gasteiger partial charge in [0, 0.05) is 6.61 Å². The molecule has 1 aliphatic rings. The molecule has 2 unspecified atom stereocenters. The summed E-state index contributed by atoms with van der Waals surface area (Å²) in [6.45, 7) is -1.55. The number of aliphatic carboxylic acids is 1. The zero-order valence-corrected chi connectivity index (χ0v) is 11.5. The molecule has 1 rings (SSSR count). The summed E-state index contributed by atoms with van der Waals surface area (Å²) in [5, 5.41) is 9.07. The fourth-order valence-electron chi connectivity index (χ4n) is 2.30. The molecule has 118 valence electrons. The Hall–Kier alpha value is -0.830. The lowest BCUT2D eigenvalue weighted by Gasteiger charge is -2.18. The Kier molecular flexibility index (Phi) is 5.81. The molecule has 9 heteroatoms. The summed E-state index contributed by atoms with van der Waals surface area (Å²) >= 11 is 0. The average Bonchev–Trinajstić information content (AvgIpc) is 2.61. The highest BCUT2D eigenvalue weighted by Gasteiger charge is 2.37. The molecule has 1 heterocycles. The first kappa shape index (κ1) is 17.2. The van der Waals surface area contributed by atoms with Crippen LogP contribution in [0.1, 0.15) is 19.3 Å². The minimum Gasteiger partial charge on any atom is -0.481 e. The highest BCUT2D eigenvalue weighted by atomic mass is 32.2. The third-order valence-electron chi connectivity index (χ3n) is 3.22. The van der Waals surface area contributed by atoms with Gasteiger partial charge in [0.15, 0.2) is 9.84 Å². The molecule has 1 N–H and O–H groups in total. The molecule has 0 aromatic heterocycles. The van der Waals surface area contributed by atoms with Crippen molar-refractivity contribution in [1.29, 1.82) is 0 Å². The van der Waals surface area contributed by atoms with Crippen LogP contribution in [-0.2, 0) is 19.4 Å². The van der Waals surface area contributed by atoms with Crippen LogP contribution >= 0.6 is 0 Å². The molecule has 0 aliphatic carbocycles. The maximum Gasteiger partial charge on any atom is 0.411 e. The first-order chi connectivity index (χ1) is 9.11. The van der Waals surface area contributed by atoms with Crippen molar-refractivity contribution in [3.8, 4) is 0 Å². The van der Waals surface area contributed by atoms with E-state index in [0.29, 0.717) is 6.42 Å². The SMILES string of the molecule is O=C(O)C(CCCOCC(F)(F)F)C1CCS(=O)(=O)C1. The molecule has 5 nitrogen and oxygen atoms in total. The number of carboxylic acids is 1. The molecule has 1 aliphatic heterocycles. The smallest absolute Gasteiger partial charge is 0.411 e. The van der Waals surface area contributed by atoms with Gasteiger partial charge in [-0.25, -0.2) is 8.42 Å². The van der Waals surface area contributed by atoms with Crippen molar-refractivity contribution < 1.29 is 36.2 Å². The molecule has 0 bridgehead atoms. The van der Waals surface area contributed by atoms with Gasteiger partial charge in [-0.15, -0.1) is 0 Å². The molecule has 0 aromatic carbocycles. The molecule has 20 heavy (non-hydrogen) atoms. The van der Waals surface area contributed by atoms with Crippen LogP contribution in [0.4, 0.5) is 13.2 Å². The Labute approximate surface area is 115 Å². The molecule has 0 saturated carbocycles. The number of hydrogen-bond acceptors (Lipinski definition) is 4. The number of rotatable bonds is 7. The second-order valence-corrected chi connectivity index (χ2v) is 7.15. The predicted molar refractivity (Wildman–Crippen MR) is 64.0 cm³/mol. The van der Waals surface area contributed by atoms with E-state index in [0.717, 1.165) is 0 Å². The van der Waals surface area contributed by atoms with Gasteiger partial charge in [-0.05, 0) is 25.2 Å². The topological polar surface area (TPSA) is 80.7 Å². The van der Waals surface area contributed by atoms with Crippen LogP contribution in [0.15, 0.2) is 0 Å². The van der Waals surface area contributed by atoms with Crippen LogP contribution in [0.5, 0.6) is 0 Å². The normalized spacial score (nSPS) is 23.6. The maximum atomic E-state index is 11.8. The van der Waals surface area contributed by atoms with Crippen molar-refractivity contribution in [1.82, 2.24) is 0 Å². The van der Waals surface area contributed by atoms with Gasteiger partial charge in [0.2, 0.25) is 0 Å². The molecule has 0 aromatic rings. The minimum atomic E-state index is -4.40. The fourth-order valence-corrected chi connectivity index (χ4v) is 4.17. The van der Waals surface area contributed by atoms with E-state index in [1.165, 1.54) is 0 Å². The molecule has 0 radical (unpaired) electrons. The summed E-state index contributed by atoms with van der Waals surface area (Å²) in [6.07, 6.45) is -3.83. The van der Waals surface area contributed by atoms with E-state index < -0.39 is 40.4 Å². The van der Waals surface area contributed by atoms with Gasteiger partial charge < -0.3 is 9.84 Å². The number of carboxylic acid groups (broad SMARTS) is 1. The predicted octanol–water partition coefficient (Wildman–Crippen LogP) is 1.48. The fraction of sp³-hybridized carbons (Fsp3) is 0.909. The van der Waals surface area contributed by atoms with E-state index in [4.69, 9.17) is 5.11 Å². The highest BCUT2D eigenvalue weighted by Crippen LogP contribution is 2.29. The molecular formula is C11H17F3O5S. The molecule has 0 amide bonds. The Balaban J connectivity index is 2.36. The lowest BCUT2D eigenvalue weighted by molar-refractivity contribution is -0.174. The largest absolute Gasteiger partial charge is 0.481 e. The number of alkyl halides is 3. The molecule has 1 saturated heterocycles. The van der Waals surface area contributed by atoms with E-state index in [2.05, 4.69) is 4.74 Å². The average molecular weight is 318 g/mol. The van der Waals surface area contributed by atoms with Crippen molar-refractivity contribution in [3.05, 3.63) is 0 Å². The summed E-state index contributed by atoms with van der Waals surface area (Å²) in [6, 6.07) is 0. The monoisotopic (exact) mass is 318 g/mol. The number of sulfone groups is 1. The minimum absolute atomic E-state index is 0.0218. The quantitative estimate of drug-likeness (QED) is 0.719. The van der Waals surface area contributed by atoms with Crippen molar-refractivity contribution in [2.75, 3.05) is 24.7 Å². The summed E-state index contributed by atoms with van der Waals surface area (Å²) in [5.41, 5.74) is 0. The Morgan fingerprint density at radius 2 is 2.05 bits per heavy atom. The van der Waals surface area contributed by atoms with Gasteiger partial charge in [0.05, 0.1) is 17.4 Å². The Morgan fingerprint density at radius 1 is 1.40 bits per heavy atom. The second-order valence-electron chi connectivity index (χ2n) is 4.92. The van der Waals surface area contributed by atoms with Crippen LogP contribution in [0.2, 0.25) is 0 Å². The van der Waals surface area contributed by atoms with E-state index in [1.807, 2.05) is 0 Å². The standard InChI is InChI=1S/C11H17F3O5S/c12-11(13,14)7-19-4-1-2-9(10(15)16)8-3-5-20(17,18)6-8/h8-9H,1-7H2,(H,15,16). The number of hydrogen-bond donors (Lipinski definition) is 1. The van der Waals surface area contributed by atoms with Gasteiger partial charge >= 0.3 is 12.1 Å². The third-order valence-corrected chi connectivity index (χ3v) is 5.02. The first-order valence-corrected chi connectivity index (χ1v) is 8.00.